The van der Waals surface area contributed by atoms with Crippen molar-refractivity contribution in [2.45, 2.75) is 0 Å². The molecule has 0 aliphatic carbocycles. The van der Waals surface area contributed by atoms with Crippen molar-refractivity contribution >= 4 is 43.5 Å². The van der Waals surface area contributed by atoms with Gasteiger partial charge < -0.3 is 4.42 Å². The van der Waals surface area contributed by atoms with Gasteiger partial charge in [-0.25, -0.2) is 0 Å². The van der Waals surface area contributed by atoms with E-state index in [9.17, 15) is 0 Å². The Hall–Kier alpha value is -5.14. The molecule has 0 fully saturated rings. The van der Waals surface area contributed by atoms with Crippen LogP contribution in [0.2, 0.25) is 0 Å². The molecule has 8 aromatic rings. The molecule has 182 valence electrons. The van der Waals surface area contributed by atoms with Crippen molar-refractivity contribution < 1.29 is 18.1 Å². The van der Waals surface area contributed by atoms with Gasteiger partial charge in [0.1, 0.15) is 11.2 Å². The lowest BCUT2D eigenvalue weighted by molar-refractivity contribution is 0.670. The summed E-state index contributed by atoms with van der Waals surface area (Å²) >= 11 is 0. The Morgan fingerprint density at radius 3 is 1.54 bits per heavy atom. The van der Waals surface area contributed by atoms with Crippen LogP contribution in [0, 0.1) is 0 Å². The topological polar surface area (TPSA) is 13.1 Å². The SMILES string of the molecule is [2H]c1c([2H])c([2H])c(-c2c3ccccc3c(-c3ccc(-c4c([2H])c([2H])c([2H])c([2H])c4[2H])c4oc5ccccc5c34)c3ccccc23)c([2H])c1[2H]. The standard InChI is InChI=1S/C38H24O/c1-3-13-25(14-4-1)27-23-24-33(37-32-21-11-12-22-34(32)39-38(27)37)36-30-19-9-7-17-28(30)35(26-15-5-2-6-16-26)29-18-8-10-20-31(29)36/h1-24H/i1D,2D,3D,4D,5D,6D,13D,14D,15D,16D. The Bertz CT molecular complexity index is 2620. The zero-order valence-corrected chi connectivity index (χ0v) is 20.5. The van der Waals surface area contributed by atoms with Gasteiger partial charge in [-0.05, 0) is 61.5 Å². The maximum absolute atomic E-state index is 8.85. The van der Waals surface area contributed by atoms with E-state index < -0.39 is 36.3 Å². The first kappa shape index (κ1) is 14.1. The van der Waals surface area contributed by atoms with Gasteiger partial charge in [-0.15, -0.1) is 0 Å². The molecule has 0 atom stereocenters. The van der Waals surface area contributed by atoms with Crippen molar-refractivity contribution in [2.24, 2.45) is 0 Å². The molecule has 0 N–H and O–H groups in total. The minimum atomic E-state index is -0.478. The minimum absolute atomic E-state index is 0.0351. The average Bonchev–Trinajstić information content (AvgIpc) is 3.52. The van der Waals surface area contributed by atoms with Gasteiger partial charge in [0.15, 0.2) is 0 Å². The number of hydrogen-bond acceptors (Lipinski definition) is 1. The Balaban J connectivity index is 1.56. The summed E-state index contributed by atoms with van der Waals surface area (Å²) in [5.74, 6) is 0. The quantitative estimate of drug-likeness (QED) is 0.217. The molecule has 1 heteroatoms. The van der Waals surface area contributed by atoms with E-state index >= 15 is 0 Å². The molecule has 1 aromatic heterocycles. The molecule has 0 radical (unpaired) electrons. The van der Waals surface area contributed by atoms with E-state index in [1.807, 2.05) is 78.9 Å². The second-order valence-corrected chi connectivity index (χ2v) is 9.30. The summed E-state index contributed by atoms with van der Waals surface area (Å²) in [4.78, 5) is 0. The average molecular weight is 507 g/mol. The molecular weight excluding hydrogens is 472 g/mol. The molecule has 39 heavy (non-hydrogen) atoms. The summed E-state index contributed by atoms with van der Waals surface area (Å²) in [6.07, 6.45) is 0. The van der Waals surface area contributed by atoms with E-state index in [1.54, 1.807) is 6.07 Å². The van der Waals surface area contributed by atoms with Gasteiger partial charge in [0.25, 0.3) is 0 Å². The lowest BCUT2D eigenvalue weighted by Gasteiger charge is -2.18. The van der Waals surface area contributed by atoms with Crippen LogP contribution in [0.3, 0.4) is 0 Å². The zero-order chi connectivity index (χ0) is 34.5. The summed E-state index contributed by atoms with van der Waals surface area (Å²) < 4.78 is 91.3. The van der Waals surface area contributed by atoms with Gasteiger partial charge in [-0.1, -0.05) is 133 Å². The second kappa shape index (κ2) is 8.72. The Kier molecular flexibility index (Phi) is 3.16. The van der Waals surface area contributed by atoms with E-state index in [4.69, 9.17) is 18.1 Å². The highest BCUT2D eigenvalue weighted by molar-refractivity contribution is 6.26. The second-order valence-electron chi connectivity index (χ2n) is 9.30. The summed E-state index contributed by atoms with van der Waals surface area (Å²) in [7, 11) is 0. The van der Waals surface area contributed by atoms with E-state index in [2.05, 4.69) is 0 Å². The molecule has 8 rings (SSSR count). The highest BCUT2D eigenvalue weighted by atomic mass is 16.3. The van der Waals surface area contributed by atoms with Crippen LogP contribution in [-0.4, -0.2) is 0 Å². The summed E-state index contributed by atoms with van der Waals surface area (Å²) in [5.41, 5.74) is 3.52. The Morgan fingerprint density at radius 1 is 0.436 bits per heavy atom. The lowest BCUT2D eigenvalue weighted by Crippen LogP contribution is -1.91. The van der Waals surface area contributed by atoms with Gasteiger partial charge in [-0.2, -0.15) is 0 Å². The molecule has 0 saturated carbocycles. The number of furan rings is 1. The van der Waals surface area contributed by atoms with Crippen LogP contribution in [0.25, 0.3) is 76.9 Å². The predicted octanol–water partition coefficient (Wildman–Crippen LogP) is 10.9. The largest absolute Gasteiger partial charge is 0.455 e. The molecule has 0 aliphatic heterocycles. The fourth-order valence-electron chi connectivity index (χ4n) is 5.68. The van der Waals surface area contributed by atoms with Crippen molar-refractivity contribution in [1.82, 2.24) is 0 Å². The molecule has 0 amide bonds. The van der Waals surface area contributed by atoms with Crippen molar-refractivity contribution in [1.29, 1.82) is 0 Å². The number of hydrogen-bond donors (Lipinski definition) is 0. The normalized spacial score (nSPS) is 15.2. The maximum Gasteiger partial charge on any atom is 0.143 e. The smallest absolute Gasteiger partial charge is 0.143 e. The van der Waals surface area contributed by atoms with Gasteiger partial charge in [-0.3, -0.25) is 0 Å². The fraction of sp³-hybridized carbons (Fsp3) is 0. The third kappa shape index (κ3) is 3.34. The molecular formula is C38H24O. The highest BCUT2D eigenvalue weighted by Crippen LogP contribution is 2.48. The van der Waals surface area contributed by atoms with E-state index in [1.165, 1.54) is 0 Å². The summed E-state index contributed by atoms with van der Waals surface area (Å²) in [5, 5.41) is 4.36. The number of benzene rings is 7. The predicted molar refractivity (Wildman–Crippen MR) is 165 cm³/mol. The highest BCUT2D eigenvalue weighted by Gasteiger charge is 2.21. The summed E-state index contributed by atoms with van der Waals surface area (Å²) in [6, 6.07) is 22.3. The Labute approximate surface area is 240 Å². The molecule has 0 aliphatic rings. The summed E-state index contributed by atoms with van der Waals surface area (Å²) in [6.45, 7) is 0. The van der Waals surface area contributed by atoms with Gasteiger partial charge in [0.05, 0.1) is 13.7 Å². The lowest BCUT2D eigenvalue weighted by atomic mass is 9.84. The molecule has 0 saturated heterocycles. The number of rotatable bonds is 3. The molecule has 1 heterocycles. The van der Waals surface area contributed by atoms with Crippen LogP contribution >= 0.6 is 0 Å². The first-order chi connectivity index (χ1) is 23.5. The van der Waals surface area contributed by atoms with Crippen LogP contribution < -0.4 is 0 Å². The molecule has 0 unspecified atom stereocenters. The van der Waals surface area contributed by atoms with Gasteiger partial charge in [0, 0.05) is 16.3 Å². The van der Waals surface area contributed by atoms with Crippen LogP contribution in [0.5, 0.6) is 0 Å². The molecule has 1 nitrogen and oxygen atoms in total. The Morgan fingerprint density at radius 2 is 0.923 bits per heavy atom. The van der Waals surface area contributed by atoms with Crippen LogP contribution in [0.1, 0.15) is 13.7 Å². The van der Waals surface area contributed by atoms with Crippen molar-refractivity contribution in [2.75, 3.05) is 0 Å². The zero-order valence-electron chi connectivity index (χ0n) is 30.5. The van der Waals surface area contributed by atoms with Crippen molar-refractivity contribution in [3.63, 3.8) is 0 Å². The van der Waals surface area contributed by atoms with Crippen molar-refractivity contribution in [3.05, 3.63) is 145 Å². The first-order valence-corrected chi connectivity index (χ1v) is 12.6. The fourth-order valence-corrected chi connectivity index (χ4v) is 5.68. The number of para-hydroxylation sites is 1. The number of fused-ring (bicyclic) bond motifs is 5. The van der Waals surface area contributed by atoms with Crippen molar-refractivity contribution in [3.8, 4) is 33.4 Å². The maximum atomic E-state index is 8.85. The van der Waals surface area contributed by atoms with E-state index in [0.717, 1.165) is 27.3 Å². The monoisotopic (exact) mass is 506 g/mol. The van der Waals surface area contributed by atoms with Gasteiger partial charge in [0.2, 0.25) is 0 Å². The van der Waals surface area contributed by atoms with E-state index in [0.29, 0.717) is 38.5 Å². The van der Waals surface area contributed by atoms with Crippen LogP contribution in [0.4, 0.5) is 0 Å². The minimum Gasteiger partial charge on any atom is -0.455 e. The third-order valence-corrected chi connectivity index (χ3v) is 7.25. The first-order valence-electron chi connectivity index (χ1n) is 17.6. The van der Waals surface area contributed by atoms with Gasteiger partial charge >= 0.3 is 0 Å². The molecule has 0 spiro atoms. The van der Waals surface area contributed by atoms with Crippen LogP contribution in [0.15, 0.2) is 150 Å². The van der Waals surface area contributed by atoms with Crippen LogP contribution in [-0.2, 0) is 0 Å². The van der Waals surface area contributed by atoms with E-state index in [-0.39, 0.29) is 35.3 Å². The third-order valence-electron chi connectivity index (χ3n) is 7.25. The molecule has 0 bridgehead atoms. The molecule has 7 aromatic carbocycles.